The summed E-state index contributed by atoms with van der Waals surface area (Å²) in [5, 5.41) is 0. The van der Waals surface area contributed by atoms with Gasteiger partial charge in [0.05, 0.1) is 16.4 Å². The summed E-state index contributed by atoms with van der Waals surface area (Å²) in [5.74, 6) is 1.35. The SMILES string of the molecule is Cc1ccc(Oc2c(N)cncc2Br)cc1. The van der Waals surface area contributed by atoms with Crippen molar-refractivity contribution in [2.75, 3.05) is 5.73 Å². The molecule has 0 saturated heterocycles. The third kappa shape index (κ3) is 2.33. The minimum Gasteiger partial charge on any atom is -0.454 e. The fraction of sp³-hybridized carbons (Fsp3) is 0.0833. The van der Waals surface area contributed by atoms with E-state index in [9.17, 15) is 0 Å². The molecule has 0 spiro atoms. The first kappa shape index (κ1) is 11.0. The molecule has 0 aliphatic carbocycles. The van der Waals surface area contributed by atoms with E-state index in [2.05, 4.69) is 20.9 Å². The van der Waals surface area contributed by atoms with Crippen molar-refractivity contribution in [1.29, 1.82) is 0 Å². The summed E-state index contributed by atoms with van der Waals surface area (Å²) < 4.78 is 6.43. The molecular formula is C12H11BrN2O. The van der Waals surface area contributed by atoms with Crippen molar-refractivity contribution in [3.8, 4) is 11.5 Å². The number of hydrogen-bond acceptors (Lipinski definition) is 3. The maximum absolute atomic E-state index is 5.78. The van der Waals surface area contributed by atoms with Crippen LogP contribution in [-0.4, -0.2) is 4.98 Å². The lowest BCUT2D eigenvalue weighted by molar-refractivity contribution is 0.481. The van der Waals surface area contributed by atoms with Gasteiger partial charge in [0.1, 0.15) is 5.75 Å². The van der Waals surface area contributed by atoms with E-state index in [1.54, 1.807) is 12.4 Å². The number of aromatic nitrogens is 1. The molecule has 4 heteroatoms. The topological polar surface area (TPSA) is 48.1 Å². The molecule has 2 rings (SSSR count). The maximum atomic E-state index is 5.78. The fourth-order valence-corrected chi connectivity index (χ4v) is 1.70. The van der Waals surface area contributed by atoms with Gasteiger partial charge in [0.15, 0.2) is 5.75 Å². The molecule has 82 valence electrons. The van der Waals surface area contributed by atoms with Gasteiger partial charge in [-0.15, -0.1) is 0 Å². The normalized spacial score (nSPS) is 10.1. The summed E-state index contributed by atoms with van der Waals surface area (Å²) in [4.78, 5) is 3.95. The minimum absolute atomic E-state index is 0.509. The summed E-state index contributed by atoms with van der Waals surface area (Å²) in [6, 6.07) is 7.78. The van der Waals surface area contributed by atoms with Crippen LogP contribution in [0.5, 0.6) is 11.5 Å². The van der Waals surface area contributed by atoms with Crippen LogP contribution < -0.4 is 10.5 Å². The van der Waals surface area contributed by atoms with Gasteiger partial charge in [-0.25, -0.2) is 0 Å². The summed E-state index contributed by atoms with van der Waals surface area (Å²) >= 11 is 3.35. The lowest BCUT2D eigenvalue weighted by Crippen LogP contribution is -1.94. The highest BCUT2D eigenvalue weighted by atomic mass is 79.9. The van der Waals surface area contributed by atoms with E-state index in [0.29, 0.717) is 11.4 Å². The lowest BCUT2D eigenvalue weighted by Gasteiger charge is -2.09. The second-order valence-corrected chi connectivity index (χ2v) is 4.31. The molecule has 2 aromatic rings. The van der Waals surface area contributed by atoms with E-state index in [4.69, 9.17) is 10.5 Å². The molecule has 0 radical (unpaired) electrons. The molecule has 0 aliphatic heterocycles. The molecule has 0 amide bonds. The molecule has 0 saturated carbocycles. The molecule has 1 aromatic carbocycles. The van der Waals surface area contributed by atoms with Gasteiger partial charge in [-0.3, -0.25) is 4.98 Å². The van der Waals surface area contributed by atoms with Crippen LogP contribution in [0.3, 0.4) is 0 Å². The number of halogens is 1. The van der Waals surface area contributed by atoms with Gasteiger partial charge in [-0.2, -0.15) is 0 Å². The highest BCUT2D eigenvalue weighted by molar-refractivity contribution is 9.10. The van der Waals surface area contributed by atoms with Crippen LogP contribution in [0, 0.1) is 6.92 Å². The third-order valence-electron chi connectivity index (χ3n) is 2.12. The number of anilines is 1. The number of rotatable bonds is 2. The lowest BCUT2D eigenvalue weighted by atomic mass is 10.2. The van der Waals surface area contributed by atoms with E-state index in [1.807, 2.05) is 31.2 Å². The van der Waals surface area contributed by atoms with Gasteiger partial charge in [0, 0.05) is 6.20 Å². The average Bonchev–Trinajstić information content (AvgIpc) is 2.26. The smallest absolute Gasteiger partial charge is 0.167 e. The monoisotopic (exact) mass is 278 g/mol. The Morgan fingerprint density at radius 2 is 1.88 bits per heavy atom. The summed E-state index contributed by atoms with van der Waals surface area (Å²) in [5.41, 5.74) is 7.48. The number of benzene rings is 1. The Kier molecular flexibility index (Phi) is 3.10. The van der Waals surface area contributed by atoms with Crippen molar-refractivity contribution >= 4 is 21.6 Å². The Labute approximate surface area is 102 Å². The summed E-state index contributed by atoms with van der Waals surface area (Å²) in [7, 11) is 0. The molecule has 1 aromatic heterocycles. The number of ether oxygens (including phenoxy) is 1. The first-order chi connectivity index (χ1) is 7.66. The van der Waals surface area contributed by atoms with Gasteiger partial charge in [-0.05, 0) is 35.0 Å². The Hall–Kier alpha value is -1.55. The second kappa shape index (κ2) is 4.53. The van der Waals surface area contributed by atoms with Gasteiger partial charge in [0.2, 0.25) is 0 Å². The quantitative estimate of drug-likeness (QED) is 0.914. The number of nitrogens with two attached hydrogens (primary N) is 1. The largest absolute Gasteiger partial charge is 0.454 e. The molecule has 0 bridgehead atoms. The van der Waals surface area contributed by atoms with Crippen molar-refractivity contribution in [3.63, 3.8) is 0 Å². The molecule has 2 N–H and O–H groups in total. The Balaban J connectivity index is 2.30. The Morgan fingerprint density at radius 3 is 2.50 bits per heavy atom. The first-order valence-corrected chi connectivity index (χ1v) is 5.59. The zero-order valence-corrected chi connectivity index (χ0v) is 10.4. The van der Waals surface area contributed by atoms with Crippen LogP contribution in [-0.2, 0) is 0 Å². The van der Waals surface area contributed by atoms with E-state index >= 15 is 0 Å². The molecular weight excluding hydrogens is 268 g/mol. The van der Waals surface area contributed by atoms with E-state index in [1.165, 1.54) is 5.56 Å². The Bertz CT molecular complexity index is 477. The average molecular weight is 279 g/mol. The predicted molar refractivity (Wildman–Crippen MR) is 67.6 cm³/mol. The molecule has 3 nitrogen and oxygen atoms in total. The molecule has 0 fully saturated rings. The van der Waals surface area contributed by atoms with Crippen molar-refractivity contribution in [2.45, 2.75) is 6.92 Å². The summed E-state index contributed by atoms with van der Waals surface area (Å²) in [6.07, 6.45) is 3.22. The van der Waals surface area contributed by atoms with Crippen LogP contribution in [0.4, 0.5) is 5.69 Å². The standard InChI is InChI=1S/C12H11BrN2O/c1-8-2-4-9(5-3-8)16-12-10(13)6-15-7-11(12)14/h2-7H,14H2,1H3. The molecule has 0 aliphatic rings. The van der Waals surface area contributed by atoms with Crippen molar-refractivity contribution in [1.82, 2.24) is 4.98 Å². The molecule has 16 heavy (non-hydrogen) atoms. The number of hydrogen-bond donors (Lipinski definition) is 1. The van der Waals surface area contributed by atoms with Gasteiger partial charge in [0.25, 0.3) is 0 Å². The highest BCUT2D eigenvalue weighted by Gasteiger charge is 2.07. The van der Waals surface area contributed by atoms with Crippen LogP contribution in [0.25, 0.3) is 0 Å². The van der Waals surface area contributed by atoms with Crippen molar-refractivity contribution < 1.29 is 4.74 Å². The third-order valence-corrected chi connectivity index (χ3v) is 2.69. The van der Waals surface area contributed by atoms with Gasteiger partial charge >= 0.3 is 0 Å². The zero-order chi connectivity index (χ0) is 11.5. The number of nitrogen functional groups attached to an aromatic ring is 1. The van der Waals surface area contributed by atoms with Crippen molar-refractivity contribution in [2.24, 2.45) is 0 Å². The molecule has 0 unspecified atom stereocenters. The number of aryl methyl sites for hydroxylation is 1. The van der Waals surface area contributed by atoms with E-state index < -0.39 is 0 Å². The fourth-order valence-electron chi connectivity index (χ4n) is 1.27. The maximum Gasteiger partial charge on any atom is 0.167 e. The van der Waals surface area contributed by atoms with Crippen LogP contribution >= 0.6 is 15.9 Å². The van der Waals surface area contributed by atoms with Crippen LogP contribution in [0.15, 0.2) is 41.1 Å². The summed E-state index contributed by atoms with van der Waals surface area (Å²) in [6.45, 7) is 2.03. The van der Waals surface area contributed by atoms with Gasteiger partial charge in [-0.1, -0.05) is 17.7 Å². The predicted octanol–water partition coefficient (Wildman–Crippen LogP) is 3.53. The van der Waals surface area contributed by atoms with E-state index in [-0.39, 0.29) is 0 Å². The van der Waals surface area contributed by atoms with E-state index in [0.717, 1.165) is 10.2 Å². The van der Waals surface area contributed by atoms with Crippen LogP contribution in [0.2, 0.25) is 0 Å². The molecule has 0 atom stereocenters. The number of nitrogens with zero attached hydrogens (tertiary/aromatic N) is 1. The van der Waals surface area contributed by atoms with Gasteiger partial charge < -0.3 is 10.5 Å². The van der Waals surface area contributed by atoms with Crippen LogP contribution in [0.1, 0.15) is 5.56 Å². The highest BCUT2D eigenvalue weighted by Crippen LogP contribution is 2.33. The van der Waals surface area contributed by atoms with Crippen molar-refractivity contribution in [3.05, 3.63) is 46.7 Å². The molecule has 1 heterocycles. The second-order valence-electron chi connectivity index (χ2n) is 3.45. The minimum atomic E-state index is 0.509. The zero-order valence-electron chi connectivity index (χ0n) is 8.77. The number of pyridine rings is 1. The first-order valence-electron chi connectivity index (χ1n) is 4.80. The Morgan fingerprint density at radius 1 is 1.19 bits per heavy atom.